The molecule has 0 aromatic heterocycles. The first-order chi connectivity index (χ1) is 5.99. The number of rotatable bonds is 6. The molecule has 0 radical (unpaired) electrons. The molecule has 0 amide bonds. The van der Waals surface area contributed by atoms with Crippen molar-refractivity contribution in [2.24, 2.45) is 5.41 Å². The zero-order chi connectivity index (χ0) is 10.3. The molecule has 0 rings (SSSR count). The average molecular weight is 203 g/mol. The molecule has 2 heteroatoms. The molecular weight excluding hydrogens is 178 g/mol. The van der Waals surface area contributed by atoms with Crippen LogP contribution in [0.2, 0.25) is 0 Å². The van der Waals surface area contributed by atoms with E-state index in [-0.39, 0.29) is 0 Å². The Morgan fingerprint density at radius 2 is 1.62 bits per heavy atom. The molecule has 0 spiro atoms. The summed E-state index contributed by atoms with van der Waals surface area (Å²) >= 11 is 2.08. The van der Waals surface area contributed by atoms with Crippen LogP contribution in [0.4, 0.5) is 0 Å². The van der Waals surface area contributed by atoms with E-state index in [9.17, 15) is 0 Å². The topological polar surface area (TPSA) is 3.24 Å². The van der Waals surface area contributed by atoms with Crippen LogP contribution in [0.15, 0.2) is 0 Å². The largest absolute Gasteiger partial charge is 0.303 e. The van der Waals surface area contributed by atoms with Crippen molar-refractivity contribution in [3.63, 3.8) is 0 Å². The van der Waals surface area contributed by atoms with E-state index in [0.717, 1.165) is 0 Å². The normalized spacial score (nSPS) is 12.5. The molecule has 13 heavy (non-hydrogen) atoms. The molecule has 0 atom stereocenters. The molecule has 80 valence electrons. The lowest BCUT2D eigenvalue weighted by Crippen LogP contribution is -2.25. The molecule has 0 fully saturated rings. The third-order valence-corrected chi connectivity index (χ3v) is 3.52. The predicted octanol–water partition coefficient (Wildman–Crippen LogP) is 3.11. The summed E-state index contributed by atoms with van der Waals surface area (Å²) in [5.74, 6) is 2.55. The highest BCUT2D eigenvalue weighted by molar-refractivity contribution is 7.99. The van der Waals surface area contributed by atoms with Gasteiger partial charge in [0.05, 0.1) is 0 Å². The van der Waals surface area contributed by atoms with Gasteiger partial charge in [0, 0.05) is 12.3 Å². The van der Waals surface area contributed by atoms with E-state index in [1.807, 2.05) is 0 Å². The highest BCUT2D eigenvalue weighted by Gasteiger charge is 2.09. The SMILES string of the molecule is CCN(CC)CCSCC(C)(C)C. The number of thioether (sulfide) groups is 1. The fourth-order valence-electron chi connectivity index (χ4n) is 1.11. The zero-order valence-electron chi connectivity index (χ0n) is 9.89. The minimum Gasteiger partial charge on any atom is -0.303 e. The van der Waals surface area contributed by atoms with Crippen molar-refractivity contribution >= 4 is 11.8 Å². The first-order valence-electron chi connectivity index (χ1n) is 5.29. The molecule has 0 aromatic carbocycles. The quantitative estimate of drug-likeness (QED) is 0.610. The van der Waals surface area contributed by atoms with Crippen molar-refractivity contribution in [3.8, 4) is 0 Å². The van der Waals surface area contributed by atoms with Crippen LogP contribution in [0.1, 0.15) is 34.6 Å². The van der Waals surface area contributed by atoms with E-state index in [1.165, 1.54) is 31.1 Å². The van der Waals surface area contributed by atoms with Crippen molar-refractivity contribution in [1.29, 1.82) is 0 Å². The van der Waals surface area contributed by atoms with Crippen LogP contribution in [0.5, 0.6) is 0 Å². The molecule has 0 aliphatic rings. The second-order valence-electron chi connectivity index (χ2n) is 4.64. The van der Waals surface area contributed by atoms with Crippen molar-refractivity contribution in [1.82, 2.24) is 4.90 Å². The van der Waals surface area contributed by atoms with Crippen LogP contribution in [0.25, 0.3) is 0 Å². The van der Waals surface area contributed by atoms with E-state index < -0.39 is 0 Å². The van der Waals surface area contributed by atoms with Gasteiger partial charge in [-0.15, -0.1) is 0 Å². The van der Waals surface area contributed by atoms with Gasteiger partial charge in [-0.3, -0.25) is 0 Å². The molecule has 0 saturated carbocycles. The maximum atomic E-state index is 2.48. The lowest BCUT2D eigenvalue weighted by atomic mass is 10.0. The smallest absolute Gasteiger partial charge is 0.00721 e. The van der Waals surface area contributed by atoms with Gasteiger partial charge in [-0.25, -0.2) is 0 Å². The Bertz CT molecular complexity index is 114. The maximum Gasteiger partial charge on any atom is 0.00721 e. The van der Waals surface area contributed by atoms with Crippen molar-refractivity contribution in [3.05, 3.63) is 0 Å². The second-order valence-corrected chi connectivity index (χ2v) is 5.75. The summed E-state index contributed by atoms with van der Waals surface area (Å²) in [4.78, 5) is 2.48. The van der Waals surface area contributed by atoms with Gasteiger partial charge in [-0.1, -0.05) is 34.6 Å². The summed E-state index contributed by atoms with van der Waals surface area (Å²) in [5.41, 5.74) is 0.480. The lowest BCUT2D eigenvalue weighted by molar-refractivity contribution is 0.323. The summed E-state index contributed by atoms with van der Waals surface area (Å²) in [6, 6.07) is 0. The van der Waals surface area contributed by atoms with E-state index in [2.05, 4.69) is 51.3 Å². The molecule has 0 aliphatic heterocycles. The van der Waals surface area contributed by atoms with Crippen LogP contribution in [0.3, 0.4) is 0 Å². The summed E-state index contributed by atoms with van der Waals surface area (Å²) in [5, 5.41) is 0. The summed E-state index contributed by atoms with van der Waals surface area (Å²) in [6.45, 7) is 15.0. The van der Waals surface area contributed by atoms with Gasteiger partial charge in [0.1, 0.15) is 0 Å². The summed E-state index contributed by atoms with van der Waals surface area (Å²) in [7, 11) is 0. The minimum atomic E-state index is 0.480. The van der Waals surface area contributed by atoms with Gasteiger partial charge < -0.3 is 4.90 Å². The van der Waals surface area contributed by atoms with E-state index in [4.69, 9.17) is 0 Å². The van der Waals surface area contributed by atoms with Gasteiger partial charge in [-0.2, -0.15) is 11.8 Å². The fraction of sp³-hybridized carbons (Fsp3) is 1.00. The van der Waals surface area contributed by atoms with Gasteiger partial charge in [0.2, 0.25) is 0 Å². The molecule has 0 bridgehead atoms. The van der Waals surface area contributed by atoms with Gasteiger partial charge >= 0.3 is 0 Å². The number of nitrogens with zero attached hydrogens (tertiary/aromatic N) is 1. The number of hydrogen-bond donors (Lipinski definition) is 0. The third-order valence-electron chi connectivity index (χ3n) is 1.98. The molecule has 0 saturated heterocycles. The monoisotopic (exact) mass is 203 g/mol. The first-order valence-corrected chi connectivity index (χ1v) is 6.45. The fourth-order valence-corrected chi connectivity index (χ4v) is 2.26. The van der Waals surface area contributed by atoms with E-state index >= 15 is 0 Å². The van der Waals surface area contributed by atoms with Gasteiger partial charge in [-0.05, 0) is 24.3 Å². The lowest BCUT2D eigenvalue weighted by Gasteiger charge is -2.20. The first kappa shape index (κ1) is 13.3. The summed E-state index contributed by atoms with van der Waals surface area (Å²) in [6.07, 6.45) is 0. The second kappa shape index (κ2) is 6.72. The third kappa shape index (κ3) is 8.63. The Morgan fingerprint density at radius 3 is 2.00 bits per heavy atom. The highest BCUT2D eigenvalue weighted by atomic mass is 32.2. The van der Waals surface area contributed by atoms with Crippen LogP contribution in [-0.4, -0.2) is 36.0 Å². The van der Waals surface area contributed by atoms with Crippen molar-refractivity contribution in [2.45, 2.75) is 34.6 Å². The molecule has 0 unspecified atom stereocenters. The molecule has 0 heterocycles. The van der Waals surface area contributed by atoms with Crippen LogP contribution in [-0.2, 0) is 0 Å². The van der Waals surface area contributed by atoms with Crippen molar-refractivity contribution < 1.29 is 0 Å². The van der Waals surface area contributed by atoms with E-state index in [0.29, 0.717) is 5.41 Å². The van der Waals surface area contributed by atoms with Gasteiger partial charge in [0.25, 0.3) is 0 Å². The number of hydrogen-bond acceptors (Lipinski definition) is 2. The molecule has 0 N–H and O–H groups in total. The zero-order valence-corrected chi connectivity index (χ0v) is 10.7. The molecular formula is C11H25NS. The van der Waals surface area contributed by atoms with Crippen LogP contribution in [0, 0.1) is 5.41 Å². The average Bonchev–Trinajstić information content (AvgIpc) is 2.03. The maximum absolute atomic E-state index is 2.48. The Hall–Kier alpha value is 0.310. The van der Waals surface area contributed by atoms with Crippen LogP contribution < -0.4 is 0 Å². The van der Waals surface area contributed by atoms with Crippen molar-refractivity contribution in [2.75, 3.05) is 31.1 Å². The standard InChI is InChI=1S/C11H25NS/c1-6-12(7-2)8-9-13-10-11(3,4)5/h6-10H2,1-5H3. The highest BCUT2D eigenvalue weighted by Crippen LogP contribution is 2.20. The molecule has 1 nitrogen and oxygen atoms in total. The van der Waals surface area contributed by atoms with Gasteiger partial charge in [0.15, 0.2) is 0 Å². The Labute approximate surface area is 88.3 Å². The summed E-state index contributed by atoms with van der Waals surface area (Å²) < 4.78 is 0. The Morgan fingerprint density at radius 1 is 1.08 bits per heavy atom. The minimum absolute atomic E-state index is 0.480. The van der Waals surface area contributed by atoms with Crippen LogP contribution >= 0.6 is 11.8 Å². The molecule has 0 aromatic rings. The molecule has 0 aliphatic carbocycles. The van der Waals surface area contributed by atoms with E-state index in [1.54, 1.807) is 0 Å². The Kier molecular flexibility index (Phi) is 6.88. The Balaban J connectivity index is 3.34. The predicted molar refractivity (Wildman–Crippen MR) is 64.6 cm³/mol.